The summed E-state index contributed by atoms with van der Waals surface area (Å²) in [4.78, 5) is 24.5. The molecule has 0 bridgehead atoms. The van der Waals surface area contributed by atoms with E-state index < -0.39 is 0 Å². The summed E-state index contributed by atoms with van der Waals surface area (Å²) in [5, 5.41) is 12.3. The maximum atomic E-state index is 12.3. The Hall–Kier alpha value is -2.35. The van der Waals surface area contributed by atoms with Gasteiger partial charge < -0.3 is 9.88 Å². The minimum Gasteiger partial charge on any atom is -0.345 e. The van der Waals surface area contributed by atoms with Crippen LogP contribution in [0.4, 0.5) is 0 Å². The zero-order valence-electron chi connectivity index (χ0n) is 14.9. The second-order valence-corrected chi connectivity index (χ2v) is 7.63. The van der Waals surface area contributed by atoms with Crippen molar-refractivity contribution in [2.75, 3.05) is 5.75 Å². The molecule has 0 radical (unpaired) electrons. The molecule has 1 amide bonds. The number of nitrogens with zero attached hydrogens (tertiary/aromatic N) is 3. The Balaban J connectivity index is 1.58. The molecular formula is C19H16Cl2N4O2S. The quantitative estimate of drug-likeness (QED) is 0.448. The van der Waals surface area contributed by atoms with Crippen LogP contribution in [0.25, 0.3) is 0 Å². The molecular weight excluding hydrogens is 419 g/mol. The number of hydrogen-bond donors (Lipinski definition) is 1. The van der Waals surface area contributed by atoms with Crippen molar-refractivity contribution in [3.63, 3.8) is 0 Å². The number of Topliss-reactive ketones (excluding diaryl/α,β-unsaturated/α-hetero) is 1. The van der Waals surface area contributed by atoms with Gasteiger partial charge in [0.15, 0.2) is 16.8 Å². The largest absolute Gasteiger partial charge is 0.345 e. The van der Waals surface area contributed by atoms with Crippen molar-refractivity contribution in [1.82, 2.24) is 20.1 Å². The number of ketones is 1. The fourth-order valence-corrected chi connectivity index (χ4v) is 3.71. The standard InChI is InChI=1S/C19H16Cl2N4O2S/c1-25-17(10-22-18(27)14-8-7-13(20)9-15(14)21)23-24-19(25)28-11-16(26)12-5-3-2-4-6-12/h2-9H,10-11H2,1H3,(H,22,27). The molecule has 0 fully saturated rings. The van der Waals surface area contributed by atoms with Gasteiger partial charge in [0.1, 0.15) is 0 Å². The minimum absolute atomic E-state index is 0.0147. The molecule has 144 valence electrons. The Bertz CT molecular complexity index is 1010. The predicted octanol–water partition coefficient (Wildman–Crippen LogP) is 4.03. The van der Waals surface area contributed by atoms with Crippen LogP contribution in [-0.4, -0.2) is 32.2 Å². The molecule has 3 aromatic rings. The monoisotopic (exact) mass is 434 g/mol. The Labute approximate surface area is 176 Å². The van der Waals surface area contributed by atoms with Gasteiger partial charge in [0.05, 0.1) is 22.9 Å². The van der Waals surface area contributed by atoms with E-state index in [0.717, 1.165) is 0 Å². The first-order valence-electron chi connectivity index (χ1n) is 8.28. The first kappa shape index (κ1) is 20.4. The van der Waals surface area contributed by atoms with Crippen LogP contribution in [0.5, 0.6) is 0 Å². The van der Waals surface area contributed by atoms with E-state index in [0.29, 0.717) is 27.1 Å². The van der Waals surface area contributed by atoms with Crippen molar-refractivity contribution >= 4 is 46.7 Å². The Kier molecular flexibility index (Phi) is 6.72. The molecule has 0 atom stereocenters. The average Bonchev–Trinajstić information content (AvgIpc) is 3.04. The molecule has 0 aliphatic carbocycles. The number of aromatic nitrogens is 3. The fourth-order valence-electron chi connectivity index (χ4n) is 2.39. The topological polar surface area (TPSA) is 76.9 Å². The highest BCUT2D eigenvalue weighted by Crippen LogP contribution is 2.21. The van der Waals surface area contributed by atoms with Gasteiger partial charge in [-0.15, -0.1) is 10.2 Å². The molecule has 0 aliphatic heterocycles. The minimum atomic E-state index is -0.335. The van der Waals surface area contributed by atoms with Crippen LogP contribution in [0, 0.1) is 0 Å². The third-order valence-corrected chi connectivity index (χ3v) is 5.50. The average molecular weight is 435 g/mol. The highest BCUT2D eigenvalue weighted by molar-refractivity contribution is 7.99. The maximum absolute atomic E-state index is 12.3. The number of carbonyl (C=O) groups is 2. The van der Waals surface area contributed by atoms with E-state index in [2.05, 4.69) is 15.5 Å². The second-order valence-electron chi connectivity index (χ2n) is 5.84. The fraction of sp³-hybridized carbons (Fsp3) is 0.158. The number of nitrogens with one attached hydrogen (secondary N) is 1. The zero-order chi connectivity index (χ0) is 20.1. The van der Waals surface area contributed by atoms with Crippen molar-refractivity contribution in [3.8, 4) is 0 Å². The Morgan fingerprint density at radius 2 is 1.86 bits per heavy atom. The summed E-state index contributed by atoms with van der Waals surface area (Å²) < 4.78 is 1.74. The number of amides is 1. The van der Waals surface area contributed by atoms with Gasteiger partial charge in [0.2, 0.25) is 0 Å². The number of benzene rings is 2. The van der Waals surface area contributed by atoms with Crippen molar-refractivity contribution in [3.05, 3.63) is 75.5 Å². The summed E-state index contributed by atoms with van der Waals surface area (Å²) in [6.07, 6.45) is 0. The van der Waals surface area contributed by atoms with Gasteiger partial charge in [-0.05, 0) is 18.2 Å². The van der Waals surface area contributed by atoms with Gasteiger partial charge >= 0.3 is 0 Å². The molecule has 0 saturated heterocycles. The van der Waals surface area contributed by atoms with Crippen LogP contribution in [0.15, 0.2) is 53.7 Å². The van der Waals surface area contributed by atoms with Crippen molar-refractivity contribution in [2.45, 2.75) is 11.7 Å². The lowest BCUT2D eigenvalue weighted by molar-refractivity contribution is 0.0949. The lowest BCUT2D eigenvalue weighted by Gasteiger charge is -2.07. The Morgan fingerprint density at radius 1 is 1.11 bits per heavy atom. The zero-order valence-corrected chi connectivity index (χ0v) is 17.2. The van der Waals surface area contributed by atoms with Gasteiger partial charge in [-0.3, -0.25) is 9.59 Å². The predicted molar refractivity (Wildman–Crippen MR) is 110 cm³/mol. The number of thioether (sulfide) groups is 1. The van der Waals surface area contributed by atoms with E-state index in [1.807, 2.05) is 18.2 Å². The van der Waals surface area contributed by atoms with Crippen molar-refractivity contribution in [1.29, 1.82) is 0 Å². The van der Waals surface area contributed by atoms with Crippen molar-refractivity contribution < 1.29 is 9.59 Å². The highest BCUT2D eigenvalue weighted by atomic mass is 35.5. The second kappa shape index (κ2) is 9.23. The molecule has 2 aromatic carbocycles. The third kappa shape index (κ3) is 4.92. The number of rotatable bonds is 7. The molecule has 1 N–H and O–H groups in total. The van der Waals surface area contributed by atoms with E-state index in [4.69, 9.17) is 23.2 Å². The molecule has 0 unspecified atom stereocenters. The molecule has 1 aromatic heterocycles. The van der Waals surface area contributed by atoms with E-state index in [1.54, 1.807) is 35.9 Å². The van der Waals surface area contributed by atoms with Crippen LogP contribution in [-0.2, 0) is 13.6 Å². The molecule has 28 heavy (non-hydrogen) atoms. The van der Waals surface area contributed by atoms with Crippen LogP contribution in [0.2, 0.25) is 10.0 Å². The molecule has 1 heterocycles. The van der Waals surface area contributed by atoms with Gasteiger partial charge in [-0.2, -0.15) is 0 Å². The summed E-state index contributed by atoms with van der Waals surface area (Å²) in [7, 11) is 1.78. The smallest absolute Gasteiger partial charge is 0.253 e. The lowest BCUT2D eigenvalue weighted by atomic mass is 10.2. The van der Waals surface area contributed by atoms with Gasteiger partial charge in [0, 0.05) is 17.6 Å². The summed E-state index contributed by atoms with van der Waals surface area (Å²) in [6, 6.07) is 13.8. The summed E-state index contributed by atoms with van der Waals surface area (Å²) in [5.41, 5.74) is 0.987. The first-order valence-corrected chi connectivity index (χ1v) is 10.0. The first-order chi connectivity index (χ1) is 13.5. The molecule has 9 heteroatoms. The van der Waals surface area contributed by atoms with E-state index in [-0.39, 0.29) is 29.0 Å². The normalized spacial score (nSPS) is 10.7. The molecule has 0 aliphatic rings. The highest BCUT2D eigenvalue weighted by Gasteiger charge is 2.15. The van der Waals surface area contributed by atoms with E-state index >= 15 is 0 Å². The van der Waals surface area contributed by atoms with Crippen LogP contribution in [0.3, 0.4) is 0 Å². The molecule has 0 saturated carbocycles. The molecule has 6 nitrogen and oxygen atoms in total. The van der Waals surface area contributed by atoms with E-state index in [1.165, 1.54) is 17.8 Å². The van der Waals surface area contributed by atoms with Crippen LogP contribution in [0.1, 0.15) is 26.5 Å². The third-order valence-electron chi connectivity index (χ3n) is 3.94. The summed E-state index contributed by atoms with van der Waals surface area (Å²) in [5.74, 6) is 0.495. The molecule has 3 rings (SSSR count). The SMILES string of the molecule is Cn1c(CNC(=O)c2ccc(Cl)cc2Cl)nnc1SCC(=O)c1ccccc1. The number of halogens is 2. The van der Waals surface area contributed by atoms with Gasteiger partial charge in [0.25, 0.3) is 5.91 Å². The maximum Gasteiger partial charge on any atom is 0.253 e. The number of hydrogen-bond acceptors (Lipinski definition) is 5. The van der Waals surface area contributed by atoms with E-state index in [9.17, 15) is 9.59 Å². The van der Waals surface area contributed by atoms with Crippen LogP contribution >= 0.6 is 35.0 Å². The summed E-state index contributed by atoms with van der Waals surface area (Å²) >= 11 is 13.2. The van der Waals surface area contributed by atoms with Crippen molar-refractivity contribution in [2.24, 2.45) is 7.05 Å². The Morgan fingerprint density at radius 3 is 2.57 bits per heavy atom. The lowest BCUT2D eigenvalue weighted by Crippen LogP contribution is -2.24. The van der Waals surface area contributed by atoms with Gasteiger partial charge in [-0.1, -0.05) is 65.3 Å². The number of carbonyl (C=O) groups excluding carboxylic acids is 2. The molecule has 0 spiro atoms. The summed E-state index contributed by atoms with van der Waals surface area (Å²) in [6.45, 7) is 0.175. The van der Waals surface area contributed by atoms with Gasteiger partial charge in [-0.25, -0.2) is 0 Å². The van der Waals surface area contributed by atoms with Crippen LogP contribution < -0.4 is 5.32 Å².